The Hall–Kier alpha value is -3.55. The van der Waals surface area contributed by atoms with Gasteiger partial charge in [0.2, 0.25) is 5.91 Å². The molecule has 1 unspecified atom stereocenters. The maximum atomic E-state index is 12.9. The van der Waals surface area contributed by atoms with Crippen molar-refractivity contribution < 1.29 is 4.79 Å². The van der Waals surface area contributed by atoms with Crippen LogP contribution in [-0.2, 0) is 17.6 Å². The molecule has 1 aliphatic heterocycles. The summed E-state index contributed by atoms with van der Waals surface area (Å²) in [5.74, 6) is 1.45. The lowest BCUT2D eigenvalue weighted by Crippen LogP contribution is -2.29. The van der Waals surface area contributed by atoms with E-state index in [9.17, 15) is 4.79 Å². The van der Waals surface area contributed by atoms with Gasteiger partial charge in [0.05, 0.1) is 5.69 Å². The van der Waals surface area contributed by atoms with Gasteiger partial charge in [0, 0.05) is 25.2 Å². The van der Waals surface area contributed by atoms with Gasteiger partial charge in [-0.2, -0.15) is 5.10 Å². The molecule has 1 fully saturated rings. The summed E-state index contributed by atoms with van der Waals surface area (Å²) in [6.07, 6.45) is 3.18. The fraction of sp³-hybridized carbons (Fsp3) is 0.400. The van der Waals surface area contributed by atoms with Crippen molar-refractivity contribution in [3.63, 3.8) is 0 Å². The highest BCUT2D eigenvalue weighted by Gasteiger charge is 2.26. The topological polar surface area (TPSA) is 104 Å². The zero-order valence-electron chi connectivity index (χ0n) is 19.5. The second-order valence-electron chi connectivity index (χ2n) is 8.82. The molecular formula is C25H31N7O. The lowest BCUT2D eigenvalue weighted by molar-refractivity contribution is -0.130. The standard InChI is InChI=1S/C25H31N7O/c1-17-22(18(2)31(28-17)24-11-10-23(27)32(29-24)19(3)26)9-12-25(33)30-14-13-21(16-30)15-20-7-5-4-6-8-20/h4-8,10-11,21,26-27H,9,12-16H2,1-3H3. The first kappa shape index (κ1) is 22.6. The fourth-order valence-corrected chi connectivity index (χ4v) is 4.61. The van der Waals surface area contributed by atoms with Crippen LogP contribution in [-0.4, -0.2) is 49.3 Å². The monoisotopic (exact) mass is 445 g/mol. The van der Waals surface area contributed by atoms with E-state index in [1.165, 1.54) is 10.2 Å². The normalized spacial score (nSPS) is 15.7. The van der Waals surface area contributed by atoms with Crippen LogP contribution in [0.2, 0.25) is 0 Å². The SMILES string of the molecule is CC(=N)n1nc(-n2nc(C)c(CCC(=O)N3CCC(Cc4ccccc4)C3)c2C)ccc1=N. The quantitative estimate of drug-likeness (QED) is 0.450. The third-order valence-electron chi connectivity index (χ3n) is 6.39. The lowest BCUT2D eigenvalue weighted by Gasteiger charge is -2.17. The number of carbonyl (C=O) groups excluding carboxylic acids is 1. The number of benzene rings is 1. The van der Waals surface area contributed by atoms with E-state index in [0.29, 0.717) is 24.6 Å². The molecule has 1 aliphatic rings. The van der Waals surface area contributed by atoms with Crippen LogP contribution in [0.3, 0.4) is 0 Å². The number of likely N-dealkylation sites (tertiary alicyclic amines) is 1. The minimum atomic E-state index is 0.148. The number of hydrogen-bond donors (Lipinski definition) is 2. The van der Waals surface area contributed by atoms with E-state index >= 15 is 0 Å². The third kappa shape index (κ3) is 4.94. The van der Waals surface area contributed by atoms with Gasteiger partial charge in [-0.1, -0.05) is 30.3 Å². The van der Waals surface area contributed by atoms with Crippen molar-refractivity contribution in [1.29, 1.82) is 10.8 Å². The van der Waals surface area contributed by atoms with Crippen LogP contribution in [0.4, 0.5) is 0 Å². The Labute approximate surface area is 193 Å². The van der Waals surface area contributed by atoms with Crippen molar-refractivity contribution in [2.45, 2.75) is 46.5 Å². The number of nitrogens with zero attached hydrogens (tertiary/aromatic N) is 5. The van der Waals surface area contributed by atoms with Gasteiger partial charge in [-0.25, -0.2) is 9.36 Å². The minimum Gasteiger partial charge on any atom is -0.342 e. The van der Waals surface area contributed by atoms with Gasteiger partial charge >= 0.3 is 0 Å². The summed E-state index contributed by atoms with van der Waals surface area (Å²) in [4.78, 5) is 14.9. The summed E-state index contributed by atoms with van der Waals surface area (Å²) in [6.45, 7) is 7.18. The Morgan fingerprint density at radius 2 is 1.88 bits per heavy atom. The molecular weight excluding hydrogens is 414 g/mol. The minimum absolute atomic E-state index is 0.148. The fourth-order valence-electron chi connectivity index (χ4n) is 4.61. The van der Waals surface area contributed by atoms with Crippen molar-refractivity contribution in [2.75, 3.05) is 13.1 Å². The molecule has 172 valence electrons. The summed E-state index contributed by atoms with van der Waals surface area (Å²) in [6, 6.07) is 13.8. The number of hydrogen-bond acceptors (Lipinski definition) is 5. The molecule has 2 aromatic heterocycles. The molecule has 1 aromatic carbocycles. The molecule has 8 nitrogen and oxygen atoms in total. The van der Waals surface area contributed by atoms with Crippen LogP contribution in [0.25, 0.3) is 5.82 Å². The summed E-state index contributed by atoms with van der Waals surface area (Å²) in [5, 5.41) is 24.8. The van der Waals surface area contributed by atoms with Gasteiger partial charge in [0.25, 0.3) is 0 Å². The van der Waals surface area contributed by atoms with Gasteiger partial charge in [0.1, 0.15) is 11.3 Å². The van der Waals surface area contributed by atoms with Gasteiger partial charge in [0.15, 0.2) is 5.82 Å². The van der Waals surface area contributed by atoms with E-state index in [2.05, 4.69) is 34.5 Å². The van der Waals surface area contributed by atoms with Crippen LogP contribution in [0.1, 0.15) is 42.3 Å². The Bertz CT molecular complexity index is 1230. The molecule has 0 spiro atoms. The largest absolute Gasteiger partial charge is 0.342 e. The molecule has 33 heavy (non-hydrogen) atoms. The molecule has 1 amide bonds. The average Bonchev–Trinajstić information content (AvgIpc) is 3.37. The Kier molecular flexibility index (Phi) is 6.53. The van der Waals surface area contributed by atoms with E-state index in [1.807, 2.05) is 24.8 Å². The van der Waals surface area contributed by atoms with Gasteiger partial charge < -0.3 is 4.90 Å². The molecule has 3 aromatic rings. The molecule has 0 aliphatic carbocycles. The van der Waals surface area contributed by atoms with Crippen molar-refractivity contribution in [1.82, 2.24) is 24.5 Å². The van der Waals surface area contributed by atoms with E-state index in [0.717, 1.165) is 42.9 Å². The lowest BCUT2D eigenvalue weighted by atomic mass is 9.99. The first-order valence-corrected chi connectivity index (χ1v) is 11.4. The second kappa shape index (κ2) is 9.52. The maximum absolute atomic E-state index is 12.9. The number of amides is 1. The molecule has 3 heterocycles. The number of rotatable bonds is 6. The number of nitrogens with one attached hydrogen (secondary N) is 2. The van der Waals surface area contributed by atoms with Crippen LogP contribution < -0.4 is 5.49 Å². The first-order valence-electron chi connectivity index (χ1n) is 11.4. The highest BCUT2D eigenvalue weighted by Crippen LogP contribution is 2.23. The number of aryl methyl sites for hydroxylation is 1. The molecule has 2 N–H and O–H groups in total. The highest BCUT2D eigenvalue weighted by molar-refractivity contribution is 5.77. The first-order chi connectivity index (χ1) is 15.8. The predicted molar refractivity (Wildman–Crippen MR) is 127 cm³/mol. The maximum Gasteiger partial charge on any atom is 0.222 e. The molecule has 0 radical (unpaired) electrons. The van der Waals surface area contributed by atoms with Crippen molar-refractivity contribution in [3.8, 4) is 5.82 Å². The van der Waals surface area contributed by atoms with E-state index < -0.39 is 0 Å². The van der Waals surface area contributed by atoms with Gasteiger partial charge in [-0.05, 0) is 69.2 Å². The number of carbonyl (C=O) groups is 1. The van der Waals surface area contributed by atoms with Crippen LogP contribution in [0.15, 0.2) is 42.5 Å². The van der Waals surface area contributed by atoms with Crippen LogP contribution in [0.5, 0.6) is 0 Å². The van der Waals surface area contributed by atoms with Crippen LogP contribution >= 0.6 is 0 Å². The summed E-state index contributed by atoms with van der Waals surface area (Å²) >= 11 is 0. The Morgan fingerprint density at radius 3 is 2.61 bits per heavy atom. The average molecular weight is 446 g/mol. The second-order valence-corrected chi connectivity index (χ2v) is 8.82. The molecule has 1 saturated heterocycles. The summed E-state index contributed by atoms with van der Waals surface area (Å²) in [7, 11) is 0. The summed E-state index contributed by atoms with van der Waals surface area (Å²) in [5.41, 5.74) is 4.34. The Balaban J connectivity index is 1.41. The van der Waals surface area contributed by atoms with Crippen LogP contribution in [0, 0.1) is 30.6 Å². The van der Waals surface area contributed by atoms with Crippen molar-refractivity contribution in [3.05, 3.63) is 70.5 Å². The molecule has 0 saturated carbocycles. The van der Waals surface area contributed by atoms with Crippen molar-refractivity contribution >= 4 is 11.7 Å². The van der Waals surface area contributed by atoms with E-state index in [-0.39, 0.29) is 17.2 Å². The zero-order valence-corrected chi connectivity index (χ0v) is 19.5. The van der Waals surface area contributed by atoms with E-state index in [4.69, 9.17) is 10.8 Å². The van der Waals surface area contributed by atoms with Crippen molar-refractivity contribution in [2.24, 2.45) is 5.92 Å². The highest BCUT2D eigenvalue weighted by atomic mass is 16.2. The molecule has 4 rings (SSSR count). The zero-order chi connectivity index (χ0) is 23.5. The molecule has 8 heteroatoms. The molecule has 0 bridgehead atoms. The Morgan fingerprint density at radius 1 is 1.12 bits per heavy atom. The number of aromatic nitrogens is 4. The smallest absolute Gasteiger partial charge is 0.222 e. The third-order valence-corrected chi connectivity index (χ3v) is 6.39. The van der Waals surface area contributed by atoms with E-state index in [1.54, 1.807) is 23.7 Å². The summed E-state index contributed by atoms with van der Waals surface area (Å²) < 4.78 is 3.01. The van der Waals surface area contributed by atoms with Gasteiger partial charge in [-0.15, -0.1) is 5.10 Å². The predicted octanol–water partition coefficient (Wildman–Crippen LogP) is 3.03. The van der Waals surface area contributed by atoms with Gasteiger partial charge in [-0.3, -0.25) is 15.6 Å². The molecule has 1 atom stereocenters.